The van der Waals surface area contributed by atoms with E-state index in [2.05, 4.69) is 17.2 Å². The maximum Gasteiger partial charge on any atom is 0.184 e. The third kappa shape index (κ3) is 3.89. The van der Waals surface area contributed by atoms with Crippen LogP contribution in [0.15, 0.2) is 29.6 Å². The van der Waals surface area contributed by atoms with Gasteiger partial charge in [-0.1, -0.05) is 29.3 Å². The van der Waals surface area contributed by atoms with E-state index in [4.69, 9.17) is 16.3 Å². The van der Waals surface area contributed by atoms with Crippen molar-refractivity contribution in [1.82, 2.24) is 4.98 Å². The molecule has 96 valence electrons. The molecule has 0 radical (unpaired) electrons. The number of hydrogen-bond acceptors (Lipinski definition) is 4. The molecule has 2 rings (SSSR count). The Balaban J connectivity index is 1.81. The van der Waals surface area contributed by atoms with Crippen molar-refractivity contribution in [3.8, 4) is 5.75 Å². The number of nitrogens with zero attached hydrogens (tertiary/aromatic N) is 1. The number of thiazole rings is 1. The van der Waals surface area contributed by atoms with Crippen molar-refractivity contribution >= 4 is 28.1 Å². The van der Waals surface area contributed by atoms with Crippen LogP contribution < -0.4 is 10.1 Å². The highest BCUT2D eigenvalue weighted by atomic mass is 35.5. The van der Waals surface area contributed by atoms with E-state index in [-0.39, 0.29) is 6.04 Å². The zero-order chi connectivity index (χ0) is 13.0. The Labute approximate surface area is 116 Å². The summed E-state index contributed by atoms with van der Waals surface area (Å²) in [5.74, 6) is 0.881. The quantitative estimate of drug-likeness (QED) is 0.900. The Bertz CT molecular complexity index is 498. The van der Waals surface area contributed by atoms with Crippen LogP contribution in [0.4, 0.5) is 5.13 Å². The minimum absolute atomic E-state index is 0.175. The van der Waals surface area contributed by atoms with Crippen molar-refractivity contribution in [3.63, 3.8) is 0 Å². The monoisotopic (exact) mass is 282 g/mol. The molecule has 0 spiro atoms. The summed E-state index contributed by atoms with van der Waals surface area (Å²) in [4.78, 5) is 4.13. The molecular formula is C13H15ClN2OS. The van der Waals surface area contributed by atoms with Crippen LogP contribution in [0.25, 0.3) is 0 Å². The first kappa shape index (κ1) is 13.2. The summed E-state index contributed by atoms with van der Waals surface area (Å²) in [6, 6.07) is 8.20. The van der Waals surface area contributed by atoms with Crippen molar-refractivity contribution in [1.29, 1.82) is 0 Å². The fourth-order valence-electron chi connectivity index (χ4n) is 1.43. The molecule has 0 aliphatic rings. The zero-order valence-electron chi connectivity index (χ0n) is 10.3. The summed E-state index contributed by atoms with van der Waals surface area (Å²) < 4.78 is 5.68. The average molecular weight is 283 g/mol. The molecule has 1 heterocycles. The van der Waals surface area contributed by atoms with E-state index >= 15 is 0 Å². The first-order valence-electron chi connectivity index (χ1n) is 5.70. The molecule has 0 bridgehead atoms. The molecule has 0 aliphatic carbocycles. The van der Waals surface area contributed by atoms with Gasteiger partial charge in [-0.15, -0.1) is 11.3 Å². The van der Waals surface area contributed by atoms with Crippen LogP contribution in [0.1, 0.15) is 12.5 Å². The number of nitrogens with one attached hydrogen (secondary N) is 1. The molecule has 0 saturated carbocycles. The molecule has 1 N–H and O–H groups in total. The highest BCUT2D eigenvalue weighted by molar-refractivity contribution is 7.14. The summed E-state index contributed by atoms with van der Waals surface area (Å²) in [5, 5.41) is 6.39. The molecule has 0 saturated heterocycles. The second kappa shape index (κ2) is 6.07. The van der Waals surface area contributed by atoms with Gasteiger partial charge in [-0.05, 0) is 26.0 Å². The third-order valence-electron chi connectivity index (χ3n) is 2.37. The summed E-state index contributed by atoms with van der Waals surface area (Å²) in [5.41, 5.74) is 1.23. The van der Waals surface area contributed by atoms with Crippen LogP contribution in [0.3, 0.4) is 0 Å². The molecule has 5 heteroatoms. The molecular weight excluding hydrogens is 268 g/mol. The predicted octanol–water partition coefficient (Wildman–Crippen LogP) is 3.98. The zero-order valence-corrected chi connectivity index (χ0v) is 11.9. The average Bonchev–Trinajstić information content (AvgIpc) is 2.74. The lowest BCUT2D eigenvalue weighted by atomic mass is 10.2. The van der Waals surface area contributed by atoms with Crippen LogP contribution in [0, 0.1) is 6.92 Å². The lowest BCUT2D eigenvalue weighted by molar-refractivity contribution is 0.304. The molecule has 1 aromatic heterocycles. The number of hydrogen-bond donors (Lipinski definition) is 1. The van der Waals surface area contributed by atoms with Gasteiger partial charge in [0.2, 0.25) is 0 Å². The van der Waals surface area contributed by atoms with Gasteiger partial charge in [0.25, 0.3) is 0 Å². The van der Waals surface area contributed by atoms with Gasteiger partial charge < -0.3 is 10.1 Å². The van der Waals surface area contributed by atoms with Crippen molar-refractivity contribution in [2.24, 2.45) is 0 Å². The molecule has 1 atom stereocenters. The maximum atomic E-state index is 5.76. The highest BCUT2D eigenvalue weighted by Crippen LogP contribution is 2.19. The van der Waals surface area contributed by atoms with Gasteiger partial charge in [-0.25, -0.2) is 4.98 Å². The SMILES string of the molecule is Cc1ccc(OCC(C)Nc2nc(Cl)cs2)cc1. The van der Waals surface area contributed by atoms with Gasteiger partial charge in [0, 0.05) is 5.38 Å². The van der Waals surface area contributed by atoms with E-state index in [9.17, 15) is 0 Å². The number of aromatic nitrogens is 1. The van der Waals surface area contributed by atoms with Crippen LogP contribution >= 0.6 is 22.9 Å². The summed E-state index contributed by atoms with van der Waals surface area (Å²) in [7, 11) is 0. The van der Waals surface area contributed by atoms with Crippen LogP contribution in [0.5, 0.6) is 5.75 Å². The number of ether oxygens (including phenoxy) is 1. The van der Waals surface area contributed by atoms with Gasteiger partial charge in [0.05, 0.1) is 6.04 Å². The number of halogens is 1. The van der Waals surface area contributed by atoms with Crippen LogP contribution in [-0.4, -0.2) is 17.6 Å². The Kier molecular flexibility index (Phi) is 4.44. The van der Waals surface area contributed by atoms with Gasteiger partial charge in [0.15, 0.2) is 5.13 Å². The largest absolute Gasteiger partial charge is 0.491 e. The molecule has 18 heavy (non-hydrogen) atoms. The first-order chi connectivity index (χ1) is 8.63. The molecule has 0 amide bonds. The van der Waals surface area contributed by atoms with Crippen molar-refractivity contribution in [2.75, 3.05) is 11.9 Å². The van der Waals surface area contributed by atoms with E-state index in [1.165, 1.54) is 16.9 Å². The van der Waals surface area contributed by atoms with Crippen molar-refractivity contribution in [2.45, 2.75) is 19.9 Å². The smallest absolute Gasteiger partial charge is 0.184 e. The van der Waals surface area contributed by atoms with E-state index < -0.39 is 0 Å². The molecule has 1 aromatic carbocycles. The topological polar surface area (TPSA) is 34.1 Å². The Hall–Kier alpha value is -1.26. The number of aryl methyl sites for hydroxylation is 1. The summed E-state index contributed by atoms with van der Waals surface area (Å²) in [6.45, 7) is 4.68. The van der Waals surface area contributed by atoms with Gasteiger partial charge >= 0.3 is 0 Å². The Morgan fingerprint density at radius 3 is 2.72 bits per heavy atom. The Morgan fingerprint density at radius 1 is 1.39 bits per heavy atom. The van der Waals surface area contributed by atoms with Gasteiger partial charge in [-0.3, -0.25) is 0 Å². The van der Waals surface area contributed by atoms with E-state index in [0.717, 1.165) is 10.9 Å². The predicted molar refractivity (Wildman–Crippen MR) is 76.9 cm³/mol. The Morgan fingerprint density at radius 2 is 2.11 bits per heavy atom. The molecule has 2 aromatic rings. The minimum atomic E-state index is 0.175. The standard InChI is InChI=1S/C13H15ClN2OS/c1-9-3-5-11(6-4-9)17-7-10(2)15-13-16-12(14)8-18-13/h3-6,8,10H,7H2,1-2H3,(H,15,16). The molecule has 0 fully saturated rings. The normalized spacial score (nSPS) is 12.2. The van der Waals surface area contributed by atoms with Crippen molar-refractivity contribution < 1.29 is 4.74 Å². The van der Waals surface area contributed by atoms with E-state index in [1.54, 1.807) is 5.38 Å². The lowest BCUT2D eigenvalue weighted by Crippen LogP contribution is -2.23. The second-order valence-electron chi connectivity index (χ2n) is 4.14. The molecule has 1 unspecified atom stereocenters. The summed E-state index contributed by atoms with van der Waals surface area (Å²) >= 11 is 7.25. The molecule has 0 aliphatic heterocycles. The second-order valence-corrected chi connectivity index (χ2v) is 5.39. The van der Waals surface area contributed by atoms with Crippen LogP contribution in [-0.2, 0) is 0 Å². The maximum absolute atomic E-state index is 5.76. The van der Waals surface area contributed by atoms with Gasteiger partial charge in [0.1, 0.15) is 17.5 Å². The number of benzene rings is 1. The number of anilines is 1. The fraction of sp³-hybridized carbons (Fsp3) is 0.308. The van der Waals surface area contributed by atoms with Crippen LogP contribution in [0.2, 0.25) is 5.15 Å². The number of rotatable bonds is 5. The molecule has 3 nitrogen and oxygen atoms in total. The third-order valence-corrected chi connectivity index (χ3v) is 3.46. The first-order valence-corrected chi connectivity index (χ1v) is 6.96. The summed E-state index contributed by atoms with van der Waals surface area (Å²) in [6.07, 6.45) is 0. The van der Waals surface area contributed by atoms with E-state index in [1.807, 2.05) is 31.2 Å². The minimum Gasteiger partial charge on any atom is -0.491 e. The van der Waals surface area contributed by atoms with Crippen molar-refractivity contribution in [3.05, 3.63) is 40.4 Å². The lowest BCUT2D eigenvalue weighted by Gasteiger charge is -2.14. The van der Waals surface area contributed by atoms with E-state index in [0.29, 0.717) is 11.8 Å². The highest BCUT2D eigenvalue weighted by Gasteiger charge is 2.06. The fourth-order valence-corrected chi connectivity index (χ4v) is 2.38. The van der Waals surface area contributed by atoms with Gasteiger partial charge in [-0.2, -0.15) is 0 Å².